The first kappa shape index (κ1) is 16.0. The molecule has 4 nitrogen and oxygen atoms in total. The van der Waals surface area contributed by atoms with Crippen molar-refractivity contribution in [1.82, 2.24) is 0 Å². The molecule has 1 aliphatic rings. The van der Waals surface area contributed by atoms with Gasteiger partial charge in [0.2, 0.25) is 6.73 Å². The van der Waals surface area contributed by atoms with Gasteiger partial charge in [0.1, 0.15) is 24.7 Å². The lowest BCUT2D eigenvalue weighted by Crippen LogP contribution is -3.10. The zero-order chi connectivity index (χ0) is 18.4. The molecule has 134 valence electrons. The van der Waals surface area contributed by atoms with Crippen LogP contribution >= 0.6 is 0 Å². The van der Waals surface area contributed by atoms with Gasteiger partial charge < -0.3 is 9.15 Å². The van der Waals surface area contributed by atoms with Crippen LogP contribution in [0.25, 0.3) is 21.7 Å². The maximum absolute atomic E-state index is 13.1. The Morgan fingerprint density at radius 2 is 1.70 bits per heavy atom. The predicted molar refractivity (Wildman–Crippen MR) is 100 cm³/mol. The fourth-order valence-electron chi connectivity index (χ4n) is 3.77. The summed E-state index contributed by atoms with van der Waals surface area (Å²) in [6.07, 6.45) is 0. The molecule has 2 heterocycles. The number of rotatable bonds is 2. The molecular weight excluding hydrogens is 345 g/mol. The first-order chi connectivity index (χ1) is 13.2. The lowest BCUT2D eigenvalue weighted by Gasteiger charge is -2.26. The molecule has 0 saturated carbocycles. The average Bonchev–Trinajstić information content (AvgIpc) is 2.70. The van der Waals surface area contributed by atoms with Gasteiger partial charge in [0.15, 0.2) is 5.58 Å². The Balaban J connectivity index is 1.58. The topological polar surface area (TPSA) is 43.9 Å². The molecule has 4 aromatic rings. The maximum atomic E-state index is 13.1. The third-order valence-corrected chi connectivity index (χ3v) is 5.08. The minimum absolute atomic E-state index is 0.242. The third kappa shape index (κ3) is 2.76. The quantitative estimate of drug-likeness (QED) is 0.440. The summed E-state index contributed by atoms with van der Waals surface area (Å²) in [4.78, 5) is 13.6. The van der Waals surface area contributed by atoms with Crippen LogP contribution in [0.1, 0.15) is 11.1 Å². The lowest BCUT2D eigenvalue weighted by molar-refractivity contribution is -0.945. The zero-order valence-corrected chi connectivity index (χ0v) is 14.5. The van der Waals surface area contributed by atoms with Gasteiger partial charge >= 0.3 is 5.63 Å². The van der Waals surface area contributed by atoms with E-state index < -0.39 is 0 Å². The fraction of sp³-hybridized carbons (Fsp3) is 0.136. The van der Waals surface area contributed by atoms with Crippen molar-refractivity contribution >= 4 is 21.7 Å². The van der Waals surface area contributed by atoms with Crippen molar-refractivity contribution in [2.75, 3.05) is 6.73 Å². The molecule has 27 heavy (non-hydrogen) atoms. The van der Waals surface area contributed by atoms with Gasteiger partial charge in [-0.25, -0.2) is 9.18 Å². The average molecular weight is 362 g/mol. The van der Waals surface area contributed by atoms with Crippen LogP contribution in [0, 0.1) is 5.82 Å². The number of hydrogen-bond donors (Lipinski definition) is 1. The Labute approximate surface area is 154 Å². The van der Waals surface area contributed by atoms with Gasteiger partial charge in [-0.1, -0.05) is 30.3 Å². The van der Waals surface area contributed by atoms with Crippen molar-refractivity contribution in [2.24, 2.45) is 0 Å². The van der Waals surface area contributed by atoms with Crippen LogP contribution in [-0.4, -0.2) is 6.73 Å². The third-order valence-electron chi connectivity index (χ3n) is 5.08. The first-order valence-electron chi connectivity index (χ1n) is 8.87. The Bertz CT molecular complexity index is 1210. The first-order valence-corrected chi connectivity index (χ1v) is 8.87. The van der Waals surface area contributed by atoms with E-state index >= 15 is 0 Å². The number of nitrogens with one attached hydrogen (secondary N) is 1. The van der Waals surface area contributed by atoms with Gasteiger partial charge in [-0.05, 0) is 35.7 Å². The summed E-state index contributed by atoms with van der Waals surface area (Å²) >= 11 is 0. The molecule has 5 heteroatoms. The van der Waals surface area contributed by atoms with Crippen molar-refractivity contribution in [2.45, 2.75) is 13.1 Å². The summed E-state index contributed by atoms with van der Waals surface area (Å²) in [5, 5.41) is 2.38. The summed E-state index contributed by atoms with van der Waals surface area (Å²) in [5.41, 5.74) is 2.19. The fourth-order valence-corrected chi connectivity index (χ4v) is 3.77. The van der Waals surface area contributed by atoms with Crippen LogP contribution in [0.3, 0.4) is 0 Å². The second kappa shape index (κ2) is 6.21. The standard InChI is InChI=1S/C22H16FNO3/c23-15-7-5-14(6-8-15)11-24-12-19-20(26-13-24)10-9-17-16-3-1-2-4-18(16)22(25)27-21(17)19/h1-10H,11-13H2/p+1. The Hall–Kier alpha value is -3.18. The molecule has 0 saturated heterocycles. The number of fused-ring (bicyclic) bond motifs is 5. The van der Waals surface area contributed by atoms with Crippen molar-refractivity contribution in [3.05, 3.63) is 88.0 Å². The van der Waals surface area contributed by atoms with Crippen molar-refractivity contribution < 1.29 is 18.4 Å². The normalized spacial score (nSPS) is 16.3. The molecule has 0 aliphatic carbocycles. The van der Waals surface area contributed by atoms with Crippen molar-refractivity contribution in [3.63, 3.8) is 0 Å². The number of benzene rings is 3. The second-order valence-electron chi connectivity index (χ2n) is 6.87. The summed E-state index contributed by atoms with van der Waals surface area (Å²) in [7, 11) is 0. The molecule has 1 aliphatic heterocycles. The minimum atomic E-state index is -0.336. The summed E-state index contributed by atoms with van der Waals surface area (Å²) in [6, 6.07) is 17.9. The van der Waals surface area contributed by atoms with Crippen LogP contribution in [0.2, 0.25) is 0 Å². The van der Waals surface area contributed by atoms with Gasteiger partial charge in [0, 0.05) is 10.9 Å². The molecule has 3 aromatic carbocycles. The summed E-state index contributed by atoms with van der Waals surface area (Å²) in [5.74, 6) is 0.512. The molecule has 1 atom stereocenters. The summed E-state index contributed by atoms with van der Waals surface area (Å²) < 4.78 is 24.7. The number of ether oxygens (including phenoxy) is 1. The monoisotopic (exact) mass is 362 g/mol. The molecule has 0 radical (unpaired) electrons. The SMILES string of the molecule is O=c1oc2c3c(ccc2c2ccccc12)OC[NH+](Cc1ccc(F)cc1)C3. The molecule has 0 amide bonds. The van der Waals surface area contributed by atoms with Crippen LogP contribution in [0.4, 0.5) is 4.39 Å². The van der Waals surface area contributed by atoms with E-state index in [1.807, 2.05) is 30.3 Å². The van der Waals surface area contributed by atoms with E-state index in [2.05, 4.69) is 0 Å². The van der Waals surface area contributed by atoms with Gasteiger partial charge in [0.25, 0.3) is 0 Å². The molecule has 1 N–H and O–H groups in total. The number of quaternary nitrogens is 1. The van der Waals surface area contributed by atoms with Crippen molar-refractivity contribution in [3.8, 4) is 5.75 Å². The molecule has 0 fully saturated rings. The largest absolute Gasteiger partial charge is 0.445 e. The maximum Gasteiger partial charge on any atom is 0.344 e. The Morgan fingerprint density at radius 1 is 0.926 bits per heavy atom. The van der Waals surface area contributed by atoms with Crippen LogP contribution in [0.5, 0.6) is 5.75 Å². The molecular formula is C22H17FNO3+. The Kier molecular flexibility index (Phi) is 3.69. The smallest absolute Gasteiger partial charge is 0.344 e. The van der Waals surface area contributed by atoms with E-state index in [0.717, 1.165) is 32.5 Å². The highest BCUT2D eigenvalue weighted by Gasteiger charge is 2.25. The van der Waals surface area contributed by atoms with Gasteiger partial charge in [-0.2, -0.15) is 0 Å². The van der Waals surface area contributed by atoms with Crippen LogP contribution in [-0.2, 0) is 13.1 Å². The highest BCUT2D eigenvalue weighted by atomic mass is 19.1. The van der Waals surface area contributed by atoms with E-state index in [1.54, 1.807) is 18.2 Å². The molecule has 5 rings (SSSR count). The molecule has 0 bridgehead atoms. The minimum Gasteiger partial charge on any atom is -0.445 e. The van der Waals surface area contributed by atoms with Crippen LogP contribution in [0.15, 0.2) is 69.9 Å². The van der Waals surface area contributed by atoms with Crippen molar-refractivity contribution in [1.29, 1.82) is 0 Å². The van der Waals surface area contributed by atoms with Gasteiger partial charge in [-0.15, -0.1) is 0 Å². The number of halogens is 1. The lowest BCUT2D eigenvalue weighted by atomic mass is 10.0. The van der Waals surface area contributed by atoms with E-state index in [1.165, 1.54) is 12.1 Å². The molecule has 1 unspecified atom stereocenters. The molecule has 0 spiro atoms. The van der Waals surface area contributed by atoms with E-state index in [9.17, 15) is 9.18 Å². The zero-order valence-electron chi connectivity index (χ0n) is 14.5. The van der Waals surface area contributed by atoms with E-state index in [4.69, 9.17) is 9.15 Å². The van der Waals surface area contributed by atoms with Crippen LogP contribution < -0.4 is 15.3 Å². The van der Waals surface area contributed by atoms with Gasteiger partial charge in [0.05, 0.1) is 10.9 Å². The van der Waals surface area contributed by atoms with E-state index in [-0.39, 0.29) is 11.4 Å². The van der Waals surface area contributed by atoms with Gasteiger partial charge in [-0.3, -0.25) is 4.90 Å². The highest BCUT2D eigenvalue weighted by molar-refractivity contribution is 6.05. The van der Waals surface area contributed by atoms with E-state index in [0.29, 0.717) is 30.8 Å². The second-order valence-corrected chi connectivity index (χ2v) is 6.87. The summed E-state index contributed by atoms with van der Waals surface area (Å²) in [6.45, 7) is 1.88. The molecule has 1 aromatic heterocycles. The predicted octanol–water partition coefficient (Wildman–Crippen LogP) is 3.02. The number of hydrogen-bond acceptors (Lipinski definition) is 3. The Morgan fingerprint density at radius 3 is 2.52 bits per heavy atom. The highest BCUT2D eigenvalue weighted by Crippen LogP contribution is 2.32.